The van der Waals surface area contributed by atoms with E-state index in [1.165, 1.54) is 6.20 Å². The molecule has 102 valence electrons. The molecule has 0 radical (unpaired) electrons. The summed E-state index contributed by atoms with van der Waals surface area (Å²) in [5, 5.41) is 8.29. The first kappa shape index (κ1) is 13.7. The van der Waals surface area contributed by atoms with Gasteiger partial charge in [0.05, 0.1) is 11.7 Å². The summed E-state index contributed by atoms with van der Waals surface area (Å²) >= 11 is 0. The molecule has 19 heavy (non-hydrogen) atoms. The predicted octanol–water partition coefficient (Wildman–Crippen LogP) is 2.17. The van der Waals surface area contributed by atoms with E-state index < -0.39 is 0 Å². The molecule has 0 aliphatic carbocycles. The molecule has 0 saturated carbocycles. The molecule has 0 saturated heterocycles. The van der Waals surface area contributed by atoms with Gasteiger partial charge in [-0.15, -0.1) is 0 Å². The van der Waals surface area contributed by atoms with Crippen molar-refractivity contribution in [1.82, 2.24) is 15.1 Å². The molecule has 0 fully saturated rings. The van der Waals surface area contributed by atoms with Gasteiger partial charge in [-0.3, -0.25) is 9.48 Å². The molecule has 2 aromatic rings. The number of hydrogen-bond donors (Lipinski definition) is 1. The zero-order valence-electron chi connectivity index (χ0n) is 11.6. The number of nitrogens with one attached hydrogen (secondary N) is 1. The van der Waals surface area contributed by atoms with Gasteiger partial charge < -0.3 is 5.32 Å². The second-order valence-corrected chi connectivity index (χ2v) is 4.79. The first-order valence-electron chi connectivity index (χ1n) is 6.88. The van der Waals surface area contributed by atoms with Crippen LogP contribution in [0.4, 0.5) is 0 Å². The summed E-state index contributed by atoms with van der Waals surface area (Å²) in [6, 6.07) is 8.22. The van der Waals surface area contributed by atoms with Crippen LogP contribution < -0.4 is 10.7 Å². The van der Waals surface area contributed by atoms with Crippen LogP contribution in [-0.4, -0.2) is 22.9 Å². The second-order valence-electron chi connectivity index (χ2n) is 4.79. The van der Waals surface area contributed by atoms with Crippen LogP contribution >= 0.6 is 0 Å². The molecular formula is C15H21N3O. The first-order valence-corrected chi connectivity index (χ1v) is 6.88. The van der Waals surface area contributed by atoms with Crippen LogP contribution in [0.5, 0.6) is 0 Å². The zero-order valence-corrected chi connectivity index (χ0v) is 11.6. The highest BCUT2D eigenvalue weighted by atomic mass is 16.1. The van der Waals surface area contributed by atoms with Crippen LogP contribution in [-0.2, 0) is 6.54 Å². The molecule has 4 heteroatoms. The van der Waals surface area contributed by atoms with E-state index in [1.54, 1.807) is 0 Å². The highest BCUT2D eigenvalue weighted by Gasteiger charge is 2.05. The molecule has 4 nitrogen and oxygen atoms in total. The number of rotatable bonds is 6. The summed E-state index contributed by atoms with van der Waals surface area (Å²) in [4.78, 5) is 11.7. The van der Waals surface area contributed by atoms with E-state index in [1.807, 2.05) is 36.0 Å². The van der Waals surface area contributed by atoms with Crippen molar-refractivity contribution in [3.63, 3.8) is 0 Å². The van der Waals surface area contributed by atoms with E-state index in [0.29, 0.717) is 6.04 Å². The molecule has 1 unspecified atom stereocenters. The largest absolute Gasteiger partial charge is 0.317 e. The number of nitrogens with zero attached hydrogens (tertiary/aromatic N) is 2. The fourth-order valence-corrected chi connectivity index (χ4v) is 2.38. The lowest BCUT2D eigenvalue weighted by atomic mass is 10.1. The van der Waals surface area contributed by atoms with Gasteiger partial charge in [0, 0.05) is 18.0 Å². The van der Waals surface area contributed by atoms with Gasteiger partial charge in [-0.05, 0) is 38.4 Å². The Morgan fingerprint density at radius 2 is 2.16 bits per heavy atom. The maximum absolute atomic E-state index is 11.7. The number of aryl methyl sites for hydroxylation is 1. The maximum Gasteiger partial charge on any atom is 0.207 e. The third-order valence-electron chi connectivity index (χ3n) is 3.59. The molecule has 1 atom stereocenters. The van der Waals surface area contributed by atoms with Crippen LogP contribution in [0.3, 0.4) is 0 Å². The van der Waals surface area contributed by atoms with Crippen LogP contribution in [0.1, 0.15) is 26.2 Å². The lowest BCUT2D eigenvalue weighted by molar-refractivity contribution is 0.459. The van der Waals surface area contributed by atoms with E-state index in [2.05, 4.69) is 17.3 Å². The van der Waals surface area contributed by atoms with Crippen LogP contribution in [0.2, 0.25) is 0 Å². The summed E-state index contributed by atoms with van der Waals surface area (Å²) in [5.74, 6) is 0. The van der Waals surface area contributed by atoms with Gasteiger partial charge in [0.15, 0.2) is 0 Å². The van der Waals surface area contributed by atoms with Gasteiger partial charge in [-0.25, -0.2) is 0 Å². The molecule has 1 aromatic carbocycles. The van der Waals surface area contributed by atoms with Crippen molar-refractivity contribution < 1.29 is 0 Å². The van der Waals surface area contributed by atoms with Crippen molar-refractivity contribution in [3.05, 3.63) is 40.7 Å². The topological polar surface area (TPSA) is 46.9 Å². The summed E-state index contributed by atoms with van der Waals surface area (Å²) in [6.07, 6.45) is 4.72. The van der Waals surface area contributed by atoms with Gasteiger partial charge in [0.2, 0.25) is 5.43 Å². The zero-order chi connectivity index (χ0) is 13.7. The summed E-state index contributed by atoms with van der Waals surface area (Å²) < 4.78 is 1.93. The molecule has 0 bridgehead atoms. The van der Waals surface area contributed by atoms with Gasteiger partial charge in [0.25, 0.3) is 0 Å². The summed E-state index contributed by atoms with van der Waals surface area (Å²) in [7, 11) is 2.00. The van der Waals surface area contributed by atoms with Crippen molar-refractivity contribution in [1.29, 1.82) is 0 Å². The third-order valence-corrected chi connectivity index (χ3v) is 3.59. The van der Waals surface area contributed by atoms with Gasteiger partial charge in [-0.1, -0.05) is 19.1 Å². The Labute approximate surface area is 113 Å². The first-order chi connectivity index (χ1) is 9.26. The Kier molecular flexibility index (Phi) is 4.68. The Bertz CT molecular complexity index is 587. The fourth-order valence-electron chi connectivity index (χ4n) is 2.38. The summed E-state index contributed by atoms with van der Waals surface area (Å²) in [6.45, 7) is 3.03. The minimum Gasteiger partial charge on any atom is -0.317 e. The van der Waals surface area contributed by atoms with Crippen LogP contribution in [0.25, 0.3) is 10.9 Å². The average Bonchev–Trinajstić information content (AvgIpc) is 2.46. The number of fused-ring (bicyclic) bond motifs is 1. The molecule has 0 spiro atoms. The predicted molar refractivity (Wildman–Crippen MR) is 78.4 cm³/mol. The lowest BCUT2D eigenvalue weighted by Crippen LogP contribution is -2.24. The van der Waals surface area contributed by atoms with Crippen LogP contribution in [0, 0.1) is 0 Å². The normalized spacial score (nSPS) is 12.7. The van der Waals surface area contributed by atoms with E-state index >= 15 is 0 Å². The standard InChI is InChI=1S/C15H21N3O/c1-3-12(16-2)7-6-10-18-14-9-5-4-8-13(14)15(19)11-17-18/h4-5,8-9,11-12,16H,3,6-7,10H2,1-2H3. The number of hydrogen-bond acceptors (Lipinski definition) is 3. The quantitative estimate of drug-likeness (QED) is 0.865. The van der Waals surface area contributed by atoms with Crippen molar-refractivity contribution in [2.75, 3.05) is 7.05 Å². The number of benzene rings is 1. The van der Waals surface area contributed by atoms with Crippen molar-refractivity contribution in [2.45, 2.75) is 38.8 Å². The number of aromatic nitrogens is 2. The molecule has 2 rings (SSSR count). The molecule has 0 aliphatic heterocycles. The van der Waals surface area contributed by atoms with Gasteiger partial charge in [-0.2, -0.15) is 5.10 Å². The Hall–Kier alpha value is -1.68. The molecule has 1 heterocycles. The molecular weight excluding hydrogens is 238 g/mol. The minimum absolute atomic E-state index is 0.00601. The van der Waals surface area contributed by atoms with E-state index in [0.717, 1.165) is 36.7 Å². The Morgan fingerprint density at radius 3 is 2.89 bits per heavy atom. The Balaban J connectivity index is 2.13. The molecule has 0 aliphatic rings. The SMILES string of the molecule is CCC(CCCn1ncc(=O)c2ccccc21)NC. The van der Waals surface area contributed by atoms with E-state index in [9.17, 15) is 4.79 Å². The molecule has 1 N–H and O–H groups in total. The van der Waals surface area contributed by atoms with E-state index in [-0.39, 0.29) is 5.43 Å². The number of para-hydroxylation sites is 1. The smallest absolute Gasteiger partial charge is 0.207 e. The second kappa shape index (κ2) is 6.48. The third kappa shape index (κ3) is 3.20. The van der Waals surface area contributed by atoms with Crippen LogP contribution in [0.15, 0.2) is 35.3 Å². The highest BCUT2D eigenvalue weighted by molar-refractivity contribution is 5.77. The van der Waals surface area contributed by atoms with E-state index in [4.69, 9.17) is 0 Å². The maximum atomic E-state index is 11.7. The van der Waals surface area contributed by atoms with Crippen molar-refractivity contribution in [2.24, 2.45) is 0 Å². The van der Waals surface area contributed by atoms with Crippen molar-refractivity contribution >= 4 is 10.9 Å². The Morgan fingerprint density at radius 1 is 1.37 bits per heavy atom. The minimum atomic E-state index is -0.00601. The highest BCUT2D eigenvalue weighted by Crippen LogP contribution is 2.10. The van der Waals surface area contributed by atoms with Gasteiger partial charge in [0.1, 0.15) is 0 Å². The fraction of sp³-hybridized carbons (Fsp3) is 0.467. The van der Waals surface area contributed by atoms with Gasteiger partial charge >= 0.3 is 0 Å². The molecule has 0 amide bonds. The average molecular weight is 259 g/mol. The monoisotopic (exact) mass is 259 g/mol. The summed E-state index contributed by atoms with van der Waals surface area (Å²) in [5.41, 5.74) is 0.918. The lowest BCUT2D eigenvalue weighted by Gasteiger charge is -2.14. The molecule has 1 aromatic heterocycles. The van der Waals surface area contributed by atoms with Crippen molar-refractivity contribution in [3.8, 4) is 0 Å².